The van der Waals surface area contributed by atoms with Gasteiger partial charge >= 0.3 is 6.18 Å². The Morgan fingerprint density at radius 1 is 1.25 bits per heavy atom. The summed E-state index contributed by atoms with van der Waals surface area (Å²) < 4.78 is 45.7. The second-order valence-corrected chi connectivity index (χ2v) is 7.80. The zero-order chi connectivity index (χ0) is 23.0. The molecular formula is C21H14BrF3N4O3. The highest BCUT2D eigenvalue weighted by atomic mass is 79.9. The van der Waals surface area contributed by atoms with Gasteiger partial charge in [0, 0.05) is 23.9 Å². The average Bonchev–Trinajstić information content (AvgIpc) is 2.80. The molecule has 0 spiro atoms. The van der Waals surface area contributed by atoms with Crippen LogP contribution in [0.3, 0.4) is 0 Å². The fraction of sp³-hybridized carbons (Fsp3) is 0.238. The Labute approximate surface area is 187 Å². The van der Waals surface area contributed by atoms with Gasteiger partial charge in [-0.25, -0.2) is 4.98 Å². The molecule has 164 valence electrons. The van der Waals surface area contributed by atoms with Gasteiger partial charge in [0.05, 0.1) is 19.2 Å². The summed E-state index contributed by atoms with van der Waals surface area (Å²) >= 11 is 2.70. The van der Waals surface area contributed by atoms with E-state index in [1.54, 1.807) is 30.3 Å². The van der Waals surface area contributed by atoms with Crippen LogP contribution in [0.15, 0.2) is 51.9 Å². The largest absolute Gasteiger partial charge is 0.434 e. The molecule has 32 heavy (non-hydrogen) atoms. The summed E-state index contributed by atoms with van der Waals surface area (Å²) in [6, 6.07) is 11.3. The molecule has 0 N–H and O–H groups in total. The number of carbonyl (C=O) groups excluding carboxylic acids is 1. The first-order valence-electron chi connectivity index (χ1n) is 9.39. The molecule has 0 unspecified atom stereocenters. The smallest absolute Gasteiger partial charge is 0.360 e. The van der Waals surface area contributed by atoms with Crippen molar-refractivity contribution in [2.24, 2.45) is 0 Å². The lowest BCUT2D eigenvalue weighted by Gasteiger charge is -2.29. The van der Waals surface area contributed by atoms with Crippen molar-refractivity contribution < 1.29 is 22.7 Å². The number of halogens is 4. The van der Waals surface area contributed by atoms with Crippen molar-refractivity contribution in [3.8, 4) is 17.2 Å². The first-order valence-corrected chi connectivity index (χ1v) is 10.2. The van der Waals surface area contributed by atoms with Crippen LogP contribution in [-0.4, -0.2) is 46.0 Å². The number of benzene rings is 1. The van der Waals surface area contributed by atoms with E-state index in [0.717, 1.165) is 4.40 Å². The molecule has 1 amide bonds. The Bertz CT molecular complexity index is 1300. The predicted octanol–water partition coefficient (Wildman–Crippen LogP) is 3.51. The van der Waals surface area contributed by atoms with E-state index in [0.29, 0.717) is 23.2 Å². The number of nitrogens with zero attached hydrogens (tertiary/aromatic N) is 4. The van der Waals surface area contributed by atoms with Crippen LogP contribution in [0.1, 0.15) is 16.1 Å². The van der Waals surface area contributed by atoms with Crippen molar-refractivity contribution >= 4 is 27.5 Å². The molecule has 2 aromatic heterocycles. The molecule has 1 aliphatic rings. The standard InChI is InChI=1S/C21H14BrF3N4O3/c22-16-17(21(23,24)25)27-18-15(2-1-7-29(18)20(16)31)12-3-5-13(6-4-12)19(30)28-8-9-32-14(10-26)11-28/h1-7,14H,8-9,11H2/t14-/m0/s1. The van der Waals surface area contributed by atoms with Crippen LogP contribution in [0.25, 0.3) is 16.8 Å². The summed E-state index contributed by atoms with van der Waals surface area (Å²) in [6.07, 6.45) is -4.16. The van der Waals surface area contributed by atoms with Crippen molar-refractivity contribution in [2.75, 3.05) is 19.7 Å². The molecule has 7 nitrogen and oxygen atoms in total. The second-order valence-electron chi connectivity index (χ2n) is 7.01. The van der Waals surface area contributed by atoms with Gasteiger partial charge in [-0.15, -0.1) is 0 Å². The summed E-state index contributed by atoms with van der Waals surface area (Å²) in [5.74, 6) is -0.282. The van der Waals surface area contributed by atoms with Crippen molar-refractivity contribution in [1.29, 1.82) is 5.26 Å². The topological polar surface area (TPSA) is 87.7 Å². The van der Waals surface area contributed by atoms with Gasteiger partial charge in [-0.05, 0) is 45.8 Å². The Morgan fingerprint density at radius 2 is 1.97 bits per heavy atom. The van der Waals surface area contributed by atoms with Gasteiger partial charge in [-0.1, -0.05) is 12.1 Å². The van der Waals surface area contributed by atoms with E-state index >= 15 is 0 Å². The number of hydrogen-bond acceptors (Lipinski definition) is 5. The fourth-order valence-corrected chi connectivity index (χ4v) is 3.94. The number of carbonyl (C=O) groups is 1. The van der Waals surface area contributed by atoms with Gasteiger partial charge in [0.1, 0.15) is 10.1 Å². The van der Waals surface area contributed by atoms with Crippen molar-refractivity contribution in [3.63, 3.8) is 0 Å². The summed E-state index contributed by atoms with van der Waals surface area (Å²) in [6.45, 7) is 0.766. The molecule has 4 rings (SSSR count). The van der Waals surface area contributed by atoms with Gasteiger partial charge in [0.15, 0.2) is 11.8 Å². The van der Waals surface area contributed by atoms with Crippen LogP contribution in [-0.2, 0) is 10.9 Å². The molecule has 3 heterocycles. The maximum absolute atomic E-state index is 13.4. The molecule has 11 heteroatoms. The lowest BCUT2D eigenvalue weighted by Crippen LogP contribution is -2.45. The Hall–Kier alpha value is -3.23. The molecule has 1 aliphatic heterocycles. The van der Waals surface area contributed by atoms with Gasteiger partial charge in [-0.3, -0.25) is 14.0 Å². The average molecular weight is 507 g/mol. The molecular weight excluding hydrogens is 493 g/mol. The third kappa shape index (κ3) is 3.99. The van der Waals surface area contributed by atoms with Crippen LogP contribution in [0, 0.1) is 11.3 Å². The Balaban J connectivity index is 1.72. The molecule has 0 radical (unpaired) electrons. The van der Waals surface area contributed by atoms with Crippen molar-refractivity contribution in [2.45, 2.75) is 12.3 Å². The normalized spacial score (nSPS) is 16.7. The number of rotatable bonds is 2. The molecule has 1 saturated heterocycles. The molecule has 0 bridgehead atoms. The molecule has 0 aliphatic carbocycles. The van der Waals surface area contributed by atoms with E-state index in [2.05, 4.69) is 20.9 Å². The van der Waals surface area contributed by atoms with Crippen molar-refractivity contribution in [3.05, 3.63) is 68.7 Å². The van der Waals surface area contributed by atoms with Crippen LogP contribution < -0.4 is 5.56 Å². The van der Waals surface area contributed by atoms with E-state index in [-0.39, 0.29) is 24.7 Å². The summed E-state index contributed by atoms with van der Waals surface area (Å²) in [5, 5.41) is 9.00. The lowest BCUT2D eigenvalue weighted by molar-refractivity contribution is -0.141. The number of alkyl halides is 3. The second kappa shape index (κ2) is 8.37. The third-order valence-corrected chi connectivity index (χ3v) is 5.72. The Morgan fingerprint density at radius 3 is 2.62 bits per heavy atom. The number of fused-ring (bicyclic) bond motifs is 1. The zero-order valence-corrected chi connectivity index (χ0v) is 17.9. The molecule has 3 aromatic rings. The third-order valence-electron chi connectivity index (χ3n) is 5.01. The maximum Gasteiger partial charge on any atom is 0.434 e. The SMILES string of the molecule is N#C[C@H]1CN(C(=O)c2ccc(-c3cccn4c(=O)c(Br)c(C(F)(F)F)nc34)cc2)CCO1. The van der Waals surface area contributed by atoms with E-state index in [1.165, 1.54) is 17.2 Å². The highest BCUT2D eigenvalue weighted by Crippen LogP contribution is 2.33. The molecule has 1 fully saturated rings. The molecule has 0 saturated carbocycles. The van der Waals surface area contributed by atoms with Crippen LogP contribution in [0.4, 0.5) is 13.2 Å². The molecule has 1 atom stereocenters. The van der Waals surface area contributed by atoms with Gasteiger partial charge in [-0.2, -0.15) is 18.4 Å². The minimum atomic E-state index is -4.81. The predicted molar refractivity (Wildman–Crippen MR) is 111 cm³/mol. The quantitative estimate of drug-likeness (QED) is 0.530. The van der Waals surface area contributed by atoms with Gasteiger partial charge in [0.25, 0.3) is 11.5 Å². The minimum absolute atomic E-state index is 0.155. The maximum atomic E-state index is 13.4. The van der Waals surface area contributed by atoms with E-state index in [4.69, 9.17) is 10.00 Å². The number of hydrogen-bond donors (Lipinski definition) is 0. The van der Waals surface area contributed by atoms with Crippen molar-refractivity contribution in [1.82, 2.24) is 14.3 Å². The van der Waals surface area contributed by atoms with Gasteiger partial charge in [0.2, 0.25) is 0 Å². The monoisotopic (exact) mass is 506 g/mol. The number of aromatic nitrogens is 2. The van der Waals surface area contributed by atoms with Gasteiger partial charge < -0.3 is 9.64 Å². The number of morpholine rings is 1. The molecule has 1 aromatic carbocycles. The number of amides is 1. The Kier molecular flexibility index (Phi) is 5.75. The fourth-order valence-electron chi connectivity index (χ4n) is 3.44. The lowest BCUT2D eigenvalue weighted by atomic mass is 10.0. The number of pyridine rings is 1. The van der Waals surface area contributed by atoms with Crippen LogP contribution >= 0.6 is 15.9 Å². The highest BCUT2D eigenvalue weighted by Gasteiger charge is 2.37. The zero-order valence-electron chi connectivity index (χ0n) is 16.3. The first kappa shape index (κ1) is 22.0. The number of ether oxygens (including phenoxy) is 1. The number of nitriles is 1. The first-order chi connectivity index (χ1) is 15.2. The highest BCUT2D eigenvalue weighted by molar-refractivity contribution is 9.10. The summed E-state index contributed by atoms with van der Waals surface area (Å²) in [7, 11) is 0. The van der Waals surface area contributed by atoms with Crippen LogP contribution in [0.5, 0.6) is 0 Å². The van der Waals surface area contributed by atoms with E-state index < -0.39 is 28.0 Å². The van der Waals surface area contributed by atoms with Crippen LogP contribution in [0.2, 0.25) is 0 Å². The summed E-state index contributed by atoms with van der Waals surface area (Å²) in [4.78, 5) is 30.4. The minimum Gasteiger partial charge on any atom is -0.360 e. The summed E-state index contributed by atoms with van der Waals surface area (Å²) in [5.41, 5.74) is -1.19. The van der Waals surface area contributed by atoms with E-state index in [9.17, 15) is 22.8 Å². The van der Waals surface area contributed by atoms with E-state index in [1.807, 2.05) is 6.07 Å².